The van der Waals surface area contributed by atoms with Crippen molar-refractivity contribution in [1.29, 1.82) is 0 Å². The third-order valence-corrected chi connectivity index (χ3v) is 4.86. The third-order valence-electron chi connectivity index (χ3n) is 3.77. The highest BCUT2D eigenvalue weighted by Gasteiger charge is 2.30. The molecular formula is C16H14BrCl2N. The van der Waals surface area contributed by atoms with E-state index in [0.717, 1.165) is 28.0 Å². The van der Waals surface area contributed by atoms with Crippen molar-refractivity contribution in [2.45, 2.75) is 24.8 Å². The molecule has 2 aromatic carbocycles. The Hall–Kier alpha value is -0.700. The summed E-state index contributed by atoms with van der Waals surface area (Å²) in [4.78, 5) is 0. The van der Waals surface area contributed by atoms with Crippen LogP contribution < -0.4 is 5.32 Å². The molecule has 0 aliphatic heterocycles. The normalized spacial score (nSPS) is 21.4. The number of hydrogen-bond acceptors (Lipinski definition) is 1. The Morgan fingerprint density at radius 1 is 1.00 bits per heavy atom. The third kappa shape index (κ3) is 3.13. The number of halogens is 3. The molecule has 0 unspecified atom stereocenters. The van der Waals surface area contributed by atoms with E-state index in [4.69, 9.17) is 23.2 Å². The Morgan fingerprint density at radius 2 is 1.70 bits per heavy atom. The minimum atomic E-state index is 0.472. The van der Waals surface area contributed by atoms with E-state index >= 15 is 0 Å². The summed E-state index contributed by atoms with van der Waals surface area (Å²) < 4.78 is 1.13. The van der Waals surface area contributed by atoms with Gasteiger partial charge in [-0.05, 0) is 54.7 Å². The van der Waals surface area contributed by atoms with Crippen LogP contribution in [0.4, 0.5) is 5.69 Å². The van der Waals surface area contributed by atoms with E-state index in [2.05, 4.69) is 45.5 Å². The van der Waals surface area contributed by atoms with Gasteiger partial charge in [-0.3, -0.25) is 0 Å². The van der Waals surface area contributed by atoms with Crippen LogP contribution in [0, 0.1) is 0 Å². The maximum Gasteiger partial charge on any atom is 0.0638 e. The van der Waals surface area contributed by atoms with Crippen molar-refractivity contribution >= 4 is 44.8 Å². The lowest BCUT2D eigenvalue weighted by Gasteiger charge is -2.37. The fourth-order valence-corrected chi connectivity index (χ4v) is 3.18. The van der Waals surface area contributed by atoms with Gasteiger partial charge in [-0.15, -0.1) is 0 Å². The van der Waals surface area contributed by atoms with E-state index in [1.54, 1.807) is 6.07 Å². The summed E-state index contributed by atoms with van der Waals surface area (Å²) in [5, 5.41) is 4.91. The van der Waals surface area contributed by atoms with Gasteiger partial charge in [0.2, 0.25) is 0 Å². The Balaban J connectivity index is 1.60. The van der Waals surface area contributed by atoms with E-state index in [1.807, 2.05) is 12.1 Å². The lowest BCUT2D eigenvalue weighted by Crippen LogP contribution is -2.34. The highest BCUT2D eigenvalue weighted by atomic mass is 79.9. The summed E-state index contributed by atoms with van der Waals surface area (Å²) in [5.41, 5.74) is 2.34. The maximum absolute atomic E-state index is 6.17. The molecular weight excluding hydrogens is 357 g/mol. The van der Waals surface area contributed by atoms with Crippen molar-refractivity contribution in [2.24, 2.45) is 0 Å². The molecule has 0 heterocycles. The Kier molecular flexibility index (Phi) is 4.25. The van der Waals surface area contributed by atoms with Gasteiger partial charge in [0.1, 0.15) is 0 Å². The predicted molar refractivity (Wildman–Crippen MR) is 90.0 cm³/mol. The Morgan fingerprint density at radius 3 is 2.40 bits per heavy atom. The molecule has 0 radical (unpaired) electrons. The second-order valence-electron chi connectivity index (χ2n) is 5.19. The molecule has 3 rings (SSSR count). The molecule has 1 aliphatic carbocycles. The maximum atomic E-state index is 6.17. The summed E-state index contributed by atoms with van der Waals surface area (Å²) in [7, 11) is 0. The number of rotatable bonds is 3. The molecule has 0 aromatic heterocycles. The lowest BCUT2D eigenvalue weighted by molar-refractivity contribution is 0.374. The number of nitrogens with one attached hydrogen (secondary N) is 1. The van der Waals surface area contributed by atoms with Crippen molar-refractivity contribution in [3.8, 4) is 0 Å². The standard InChI is InChI=1S/C16H14BrCl2N/c17-12-3-1-10(2-4-12)11-7-14(8-11)20-16-9-13(18)5-6-15(16)19/h1-6,9,11,14,20H,7-8H2. The highest BCUT2D eigenvalue weighted by molar-refractivity contribution is 9.10. The molecule has 1 saturated carbocycles. The first-order valence-corrected chi connectivity index (χ1v) is 8.14. The molecule has 1 aliphatic rings. The van der Waals surface area contributed by atoms with Gasteiger partial charge in [-0.25, -0.2) is 0 Å². The van der Waals surface area contributed by atoms with Crippen LogP contribution in [0.3, 0.4) is 0 Å². The van der Waals surface area contributed by atoms with Crippen LogP contribution in [-0.4, -0.2) is 6.04 Å². The van der Waals surface area contributed by atoms with Gasteiger partial charge in [0, 0.05) is 15.5 Å². The van der Waals surface area contributed by atoms with Crippen LogP contribution in [0.2, 0.25) is 10.0 Å². The molecule has 104 valence electrons. The predicted octanol–water partition coefficient (Wildman–Crippen LogP) is 6.11. The van der Waals surface area contributed by atoms with E-state index in [1.165, 1.54) is 5.56 Å². The van der Waals surface area contributed by atoms with Crippen LogP contribution in [0.1, 0.15) is 24.3 Å². The van der Waals surface area contributed by atoms with Gasteiger partial charge in [0.25, 0.3) is 0 Å². The van der Waals surface area contributed by atoms with Crippen LogP contribution >= 0.6 is 39.1 Å². The van der Waals surface area contributed by atoms with Crippen molar-refractivity contribution in [3.63, 3.8) is 0 Å². The van der Waals surface area contributed by atoms with E-state index < -0.39 is 0 Å². The smallest absolute Gasteiger partial charge is 0.0638 e. The van der Waals surface area contributed by atoms with E-state index in [-0.39, 0.29) is 0 Å². The minimum absolute atomic E-state index is 0.472. The lowest BCUT2D eigenvalue weighted by atomic mass is 9.76. The number of anilines is 1. The number of hydrogen-bond donors (Lipinski definition) is 1. The molecule has 0 atom stereocenters. The second kappa shape index (κ2) is 5.97. The van der Waals surface area contributed by atoms with Gasteiger partial charge in [-0.1, -0.05) is 51.3 Å². The molecule has 4 heteroatoms. The molecule has 20 heavy (non-hydrogen) atoms. The molecule has 1 fully saturated rings. The molecule has 0 amide bonds. The summed E-state index contributed by atoms with van der Waals surface area (Å²) in [6, 6.07) is 14.6. The first-order valence-electron chi connectivity index (χ1n) is 6.59. The first kappa shape index (κ1) is 14.2. The summed E-state index contributed by atoms with van der Waals surface area (Å²) in [5.74, 6) is 0.638. The molecule has 1 N–H and O–H groups in total. The molecule has 2 aromatic rings. The largest absolute Gasteiger partial charge is 0.381 e. The Bertz CT molecular complexity index is 606. The summed E-state index contributed by atoms with van der Waals surface area (Å²) >= 11 is 15.6. The van der Waals surface area contributed by atoms with Gasteiger partial charge in [0.05, 0.1) is 10.7 Å². The topological polar surface area (TPSA) is 12.0 Å². The van der Waals surface area contributed by atoms with Crippen LogP contribution in [-0.2, 0) is 0 Å². The van der Waals surface area contributed by atoms with Crippen LogP contribution in [0.25, 0.3) is 0 Å². The SMILES string of the molecule is Clc1ccc(Cl)c(NC2CC(c3ccc(Br)cc3)C2)c1. The average molecular weight is 371 g/mol. The summed E-state index contributed by atoms with van der Waals surface area (Å²) in [6.45, 7) is 0. The molecule has 1 nitrogen and oxygen atoms in total. The monoisotopic (exact) mass is 369 g/mol. The van der Waals surface area contributed by atoms with Gasteiger partial charge >= 0.3 is 0 Å². The molecule has 0 saturated heterocycles. The van der Waals surface area contributed by atoms with Gasteiger partial charge in [0.15, 0.2) is 0 Å². The van der Waals surface area contributed by atoms with Crippen molar-refractivity contribution in [2.75, 3.05) is 5.32 Å². The molecule has 0 bridgehead atoms. The zero-order valence-electron chi connectivity index (χ0n) is 10.7. The summed E-state index contributed by atoms with van der Waals surface area (Å²) in [6.07, 6.45) is 2.26. The average Bonchev–Trinajstić information content (AvgIpc) is 2.39. The Labute approximate surface area is 137 Å². The minimum Gasteiger partial charge on any atom is -0.381 e. The van der Waals surface area contributed by atoms with Crippen molar-refractivity contribution in [3.05, 3.63) is 62.5 Å². The fourth-order valence-electron chi connectivity index (χ4n) is 2.57. The molecule has 0 spiro atoms. The fraction of sp³-hybridized carbons (Fsp3) is 0.250. The van der Waals surface area contributed by atoms with Gasteiger partial charge in [-0.2, -0.15) is 0 Å². The highest BCUT2D eigenvalue weighted by Crippen LogP contribution is 2.40. The zero-order chi connectivity index (χ0) is 14.1. The van der Waals surface area contributed by atoms with E-state index in [9.17, 15) is 0 Å². The van der Waals surface area contributed by atoms with Crippen molar-refractivity contribution < 1.29 is 0 Å². The zero-order valence-corrected chi connectivity index (χ0v) is 13.8. The van der Waals surface area contributed by atoms with E-state index in [0.29, 0.717) is 17.0 Å². The van der Waals surface area contributed by atoms with Crippen LogP contribution in [0.5, 0.6) is 0 Å². The van der Waals surface area contributed by atoms with Crippen molar-refractivity contribution in [1.82, 2.24) is 0 Å². The number of benzene rings is 2. The first-order chi connectivity index (χ1) is 9.61. The van der Waals surface area contributed by atoms with Gasteiger partial charge < -0.3 is 5.32 Å². The van der Waals surface area contributed by atoms with Crippen LogP contribution in [0.15, 0.2) is 46.9 Å². The quantitative estimate of drug-likeness (QED) is 0.686. The second-order valence-corrected chi connectivity index (χ2v) is 6.94.